The van der Waals surface area contributed by atoms with Gasteiger partial charge in [-0.1, -0.05) is 0 Å². The van der Waals surface area contributed by atoms with E-state index in [1.165, 1.54) is 6.08 Å². The molecule has 0 bridgehead atoms. The van der Waals surface area contributed by atoms with Gasteiger partial charge in [0.15, 0.2) is 0 Å². The van der Waals surface area contributed by atoms with E-state index in [2.05, 4.69) is 0 Å². The lowest BCUT2D eigenvalue weighted by Gasteiger charge is -2.31. The molecule has 0 N–H and O–H groups in total. The molecule has 3 heterocycles. The lowest BCUT2D eigenvalue weighted by Crippen LogP contribution is -2.39. The average molecular weight is 224 g/mol. The molecule has 88 valence electrons. The molecule has 0 aliphatic carbocycles. The average Bonchev–Trinajstić information content (AvgIpc) is 2.48. The smallest absolute Gasteiger partial charge is 0.330 e. The van der Waals surface area contributed by atoms with Crippen LogP contribution < -0.4 is 0 Å². The Balaban J connectivity index is 1.76. The van der Waals surface area contributed by atoms with E-state index in [-0.39, 0.29) is 30.4 Å². The van der Waals surface area contributed by atoms with Crippen molar-refractivity contribution in [3.63, 3.8) is 0 Å². The number of ether oxygens (including phenoxy) is 3. The maximum absolute atomic E-state index is 11.1. The minimum Gasteiger partial charge on any atom is -0.456 e. The monoisotopic (exact) mass is 224 g/mol. The fourth-order valence-corrected chi connectivity index (χ4v) is 2.68. The highest BCUT2D eigenvalue weighted by Gasteiger charge is 2.38. The standard InChI is InChI=1S/C12H16O4/c13-12-6-5-10-11(16-12)4-3-8-9(15-10)2-1-7-14-8/h5-6,8-11H,1-4,7H2/t8-,9+,10-,11+/m1/s1. The van der Waals surface area contributed by atoms with Crippen molar-refractivity contribution in [1.82, 2.24) is 0 Å². The van der Waals surface area contributed by atoms with E-state index in [0.29, 0.717) is 0 Å². The van der Waals surface area contributed by atoms with E-state index in [9.17, 15) is 4.79 Å². The molecule has 0 saturated carbocycles. The van der Waals surface area contributed by atoms with Gasteiger partial charge >= 0.3 is 5.97 Å². The molecule has 0 aromatic carbocycles. The van der Waals surface area contributed by atoms with Gasteiger partial charge in [0, 0.05) is 12.7 Å². The van der Waals surface area contributed by atoms with E-state index in [1.54, 1.807) is 0 Å². The first-order valence-corrected chi connectivity index (χ1v) is 5.99. The van der Waals surface area contributed by atoms with Crippen LogP contribution in [-0.2, 0) is 19.0 Å². The molecule has 0 aromatic rings. The molecular formula is C12H16O4. The van der Waals surface area contributed by atoms with Gasteiger partial charge in [0.05, 0.1) is 12.2 Å². The van der Waals surface area contributed by atoms with Crippen LogP contribution >= 0.6 is 0 Å². The Morgan fingerprint density at radius 3 is 2.94 bits per heavy atom. The van der Waals surface area contributed by atoms with E-state index in [4.69, 9.17) is 14.2 Å². The molecular weight excluding hydrogens is 208 g/mol. The Labute approximate surface area is 94.5 Å². The van der Waals surface area contributed by atoms with Crippen LogP contribution in [0.4, 0.5) is 0 Å². The zero-order valence-corrected chi connectivity index (χ0v) is 9.13. The van der Waals surface area contributed by atoms with Crippen LogP contribution in [0.5, 0.6) is 0 Å². The van der Waals surface area contributed by atoms with Gasteiger partial charge in [0.1, 0.15) is 12.2 Å². The molecule has 3 aliphatic heterocycles. The second-order valence-electron chi connectivity index (χ2n) is 4.60. The van der Waals surface area contributed by atoms with Gasteiger partial charge in [-0.3, -0.25) is 0 Å². The third-order valence-corrected chi connectivity index (χ3v) is 3.50. The Bertz CT molecular complexity index is 312. The number of hydrogen-bond acceptors (Lipinski definition) is 4. The van der Waals surface area contributed by atoms with Crippen molar-refractivity contribution >= 4 is 5.97 Å². The minimum atomic E-state index is -0.254. The van der Waals surface area contributed by atoms with Gasteiger partial charge in [-0.2, -0.15) is 0 Å². The van der Waals surface area contributed by atoms with Crippen LogP contribution in [0.25, 0.3) is 0 Å². The number of carbonyl (C=O) groups is 1. The zero-order chi connectivity index (χ0) is 11.0. The predicted octanol–water partition coefficient (Wildman–Crippen LogP) is 1.19. The van der Waals surface area contributed by atoms with Crippen LogP contribution in [0, 0.1) is 0 Å². The molecule has 0 spiro atoms. The summed E-state index contributed by atoms with van der Waals surface area (Å²) in [5.74, 6) is -0.254. The highest BCUT2D eigenvalue weighted by molar-refractivity contribution is 5.83. The van der Waals surface area contributed by atoms with E-state index in [1.807, 2.05) is 6.08 Å². The maximum atomic E-state index is 11.1. The lowest BCUT2D eigenvalue weighted by molar-refractivity contribution is -0.158. The number of fused-ring (bicyclic) bond motifs is 2. The molecule has 0 aromatic heterocycles. The van der Waals surface area contributed by atoms with Gasteiger partial charge in [-0.15, -0.1) is 0 Å². The summed E-state index contributed by atoms with van der Waals surface area (Å²) in [6.07, 6.45) is 7.32. The minimum absolute atomic E-state index is 0.0746. The Morgan fingerprint density at radius 2 is 2.00 bits per heavy atom. The van der Waals surface area contributed by atoms with Crippen molar-refractivity contribution < 1.29 is 19.0 Å². The molecule has 0 unspecified atom stereocenters. The third kappa shape index (κ3) is 1.87. The molecule has 16 heavy (non-hydrogen) atoms. The lowest BCUT2D eigenvalue weighted by atomic mass is 10.0. The molecule has 2 fully saturated rings. The van der Waals surface area contributed by atoms with Crippen molar-refractivity contribution in [3.8, 4) is 0 Å². The Hall–Kier alpha value is -0.870. The summed E-state index contributed by atoms with van der Waals surface area (Å²) in [5, 5.41) is 0. The fourth-order valence-electron chi connectivity index (χ4n) is 2.68. The van der Waals surface area contributed by atoms with Gasteiger partial charge in [0.25, 0.3) is 0 Å². The summed E-state index contributed by atoms with van der Waals surface area (Å²) in [7, 11) is 0. The summed E-state index contributed by atoms with van der Waals surface area (Å²) in [5.41, 5.74) is 0. The zero-order valence-electron chi connectivity index (χ0n) is 9.13. The normalized spacial score (nSPS) is 42.9. The summed E-state index contributed by atoms with van der Waals surface area (Å²) in [6, 6.07) is 0. The SMILES string of the molecule is O=C1C=C[C@H]2O[C@H]3CCCO[C@@H]3CC[C@@H]2O1. The quantitative estimate of drug-likeness (QED) is 0.580. The fraction of sp³-hybridized carbons (Fsp3) is 0.750. The van der Waals surface area contributed by atoms with Crippen molar-refractivity contribution in [2.75, 3.05) is 6.61 Å². The Kier molecular flexibility index (Phi) is 2.69. The van der Waals surface area contributed by atoms with Crippen molar-refractivity contribution in [3.05, 3.63) is 12.2 Å². The van der Waals surface area contributed by atoms with Crippen LogP contribution in [0.15, 0.2) is 12.2 Å². The second-order valence-corrected chi connectivity index (χ2v) is 4.60. The van der Waals surface area contributed by atoms with Crippen LogP contribution in [0.2, 0.25) is 0 Å². The van der Waals surface area contributed by atoms with Gasteiger partial charge in [-0.05, 0) is 31.8 Å². The van der Waals surface area contributed by atoms with Gasteiger partial charge < -0.3 is 14.2 Å². The molecule has 3 aliphatic rings. The largest absolute Gasteiger partial charge is 0.456 e. The van der Waals surface area contributed by atoms with Crippen molar-refractivity contribution in [2.45, 2.75) is 50.1 Å². The molecule has 2 saturated heterocycles. The molecule has 4 heteroatoms. The highest BCUT2D eigenvalue weighted by Crippen LogP contribution is 2.30. The molecule has 4 atom stereocenters. The van der Waals surface area contributed by atoms with Crippen LogP contribution in [0.3, 0.4) is 0 Å². The summed E-state index contributed by atoms with van der Waals surface area (Å²) in [6.45, 7) is 0.829. The first kappa shape index (κ1) is 10.3. The first-order valence-electron chi connectivity index (χ1n) is 5.99. The predicted molar refractivity (Wildman–Crippen MR) is 55.9 cm³/mol. The van der Waals surface area contributed by atoms with E-state index in [0.717, 1.165) is 32.3 Å². The highest BCUT2D eigenvalue weighted by atomic mass is 16.6. The van der Waals surface area contributed by atoms with Gasteiger partial charge in [0.2, 0.25) is 0 Å². The number of rotatable bonds is 0. The van der Waals surface area contributed by atoms with Crippen LogP contribution in [-0.4, -0.2) is 37.0 Å². The van der Waals surface area contributed by atoms with Crippen molar-refractivity contribution in [1.29, 1.82) is 0 Å². The first-order chi connectivity index (χ1) is 7.83. The van der Waals surface area contributed by atoms with Crippen LogP contribution in [0.1, 0.15) is 25.7 Å². The maximum Gasteiger partial charge on any atom is 0.330 e. The number of carbonyl (C=O) groups excluding carboxylic acids is 1. The van der Waals surface area contributed by atoms with Gasteiger partial charge in [-0.25, -0.2) is 4.79 Å². The molecule has 4 nitrogen and oxygen atoms in total. The summed E-state index contributed by atoms with van der Waals surface area (Å²) >= 11 is 0. The summed E-state index contributed by atoms with van der Waals surface area (Å²) in [4.78, 5) is 11.1. The summed E-state index contributed by atoms with van der Waals surface area (Å²) < 4.78 is 17.0. The van der Waals surface area contributed by atoms with E-state index < -0.39 is 0 Å². The molecule has 0 amide bonds. The third-order valence-electron chi connectivity index (χ3n) is 3.50. The number of hydrogen-bond donors (Lipinski definition) is 0. The molecule has 0 radical (unpaired) electrons. The molecule has 3 rings (SSSR count). The number of esters is 1. The topological polar surface area (TPSA) is 44.8 Å². The second kappa shape index (κ2) is 4.18. The Morgan fingerprint density at radius 1 is 1.12 bits per heavy atom. The van der Waals surface area contributed by atoms with E-state index >= 15 is 0 Å². The van der Waals surface area contributed by atoms with Crippen molar-refractivity contribution in [2.24, 2.45) is 0 Å².